The molecular formula is C12H12O. The number of ketones is 1. The number of rotatable bonds is 3. The smallest absolute Gasteiger partial charge is 0.163 e. The number of hydrogen-bond acceptors (Lipinski definition) is 1. The van der Waals surface area contributed by atoms with Gasteiger partial charge in [0.1, 0.15) is 0 Å². The third kappa shape index (κ3) is 3.13. The first-order chi connectivity index (χ1) is 6.34. The lowest BCUT2D eigenvalue weighted by Crippen LogP contribution is -1.97. The van der Waals surface area contributed by atoms with E-state index in [-0.39, 0.29) is 5.78 Å². The molecule has 1 heteroatoms. The average molecular weight is 172 g/mol. The van der Waals surface area contributed by atoms with Gasteiger partial charge >= 0.3 is 0 Å². The van der Waals surface area contributed by atoms with Gasteiger partial charge in [-0.2, -0.15) is 0 Å². The Morgan fingerprint density at radius 2 is 2.00 bits per heavy atom. The molecule has 0 bridgehead atoms. The van der Waals surface area contributed by atoms with Crippen LogP contribution in [-0.2, 0) is 0 Å². The van der Waals surface area contributed by atoms with Crippen LogP contribution < -0.4 is 0 Å². The van der Waals surface area contributed by atoms with E-state index in [1.165, 1.54) is 0 Å². The predicted molar refractivity (Wildman–Crippen MR) is 53.5 cm³/mol. The summed E-state index contributed by atoms with van der Waals surface area (Å²) < 4.78 is 0. The SMILES string of the molecule is CC#CCCC(=O)c1ccccc1. The summed E-state index contributed by atoms with van der Waals surface area (Å²) in [5, 5.41) is 0. The molecule has 66 valence electrons. The first-order valence-electron chi connectivity index (χ1n) is 4.32. The van der Waals surface area contributed by atoms with Crippen molar-refractivity contribution >= 4 is 5.78 Å². The second-order valence-electron chi connectivity index (χ2n) is 2.72. The predicted octanol–water partition coefficient (Wildman–Crippen LogP) is 2.67. The van der Waals surface area contributed by atoms with Crippen LogP contribution in [-0.4, -0.2) is 5.78 Å². The fraction of sp³-hybridized carbons (Fsp3) is 0.250. The van der Waals surface area contributed by atoms with Crippen LogP contribution in [0.3, 0.4) is 0 Å². The minimum absolute atomic E-state index is 0.170. The molecule has 0 radical (unpaired) electrons. The Morgan fingerprint density at radius 3 is 2.62 bits per heavy atom. The largest absolute Gasteiger partial charge is 0.294 e. The van der Waals surface area contributed by atoms with Crippen molar-refractivity contribution in [2.45, 2.75) is 19.8 Å². The van der Waals surface area contributed by atoms with Crippen LogP contribution >= 0.6 is 0 Å². The fourth-order valence-corrected chi connectivity index (χ4v) is 1.07. The maximum absolute atomic E-state index is 11.5. The molecule has 0 unspecified atom stereocenters. The van der Waals surface area contributed by atoms with E-state index in [9.17, 15) is 4.79 Å². The molecular weight excluding hydrogens is 160 g/mol. The lowest BCUT2D eigenvalue weighted by Gasteiger charge is -1.96. The molecule has 0 heterocycles. The highest BCUT2D eigenvalue weighted by molar-refractivity contribution is 5.96. The van der Waals surface area contributed by atoms with Crippen LogP contribution in [0.1, 0.15) is 30.1 Å². The van der Waals surface area contributed by atoms with E-state index in [1.807, 2.05) is 30.3 Å². The van der Waals surface area contributed by atoms with Crippen molar-refractivity contribution in [3.63, 3.8) is 0 Å². The highest BCUT2D eigenvalue weighted by atomic mass is 16.1. The summed E-state index contributed by atoms with van der Waals surface area (Å²) in [5.41, 5.74) is 0.778. The van der Waals surface area contributed by atoms with Gasteiger partial charge in [-0.1, -0.05) is 30.3 Å². The van der Waals surface area contributed by atoms with Gasteiger partial charge in [0.2, 0.25) is 0 Å². The Kier molecular flexibility index (Phi) is 3.78. The van der Waals surface area contributed by atoms with Crippen molar-refractivity contribution in [3.05, 3.63) is 35.9 Å². The Balaban J connectivity index is 2.53. The van der Waals surface area contributed by atoms with Crippen LogP contribution in [0.5, 0.6) is 0 Å². The monoisotopic (exact) mass is 172 g/mol. The molecule has 0 aliphatic rings. The zero-order valence-corrected chi connectivity index (χ0v) is 7.71. The maximum Gasteiger partial charge on any atom is 0.163 e. The minimum atomic E-state index is 0.170. The summed E-state index contributed by atoms with van der Waals surface area (Å²) >= 11 is 0. The Morgan fingerprint density at radius 1 is 1.31 bits per heavy atom. The molecule has 0 aliphatic carbocycles. The van der Waals surface area contributed by atoms with E-state index < -0.39 is 0 Å². The molecule has 0 atom stereocenters. The first kappa shape index (κ1) is 9.54. The molecule has 1 aromatic rings. The number of benzene rings is 1. The average Bonchev–Trinajstić information content (AvgIpc) is 2.19. The molecule has 1 aromatic carbocycles. The van der Waals surface area contributed by atoms with Crippen molar-refractivity contribution in [2.75, 3.05) is 0 Å². The van der Waals surface area contributed by atoms with Crippen LogP contribution in [0.4, 0.5) is 0 Å². The zero-order chi connectivity index (χ0) is 9.52. The molecule has 0 aliphatic heterocycles. The molecule has 1 rings (SSSR count). The molecule has 0 saturated heterocycles. The van der Waals surface area contributed by atoms with Crippen LogP contribution in [0.15, 0.2) is 30.3 Å². The van der Waals surface area contributed by atoms with Crippen molar-refractivity contribution in [1.82, 2.24) is 0 Å². The highest BCUT2D eigenvalue weighted by Gasteiger charge is 2.02. The second-order valence-corrected chi connectivity index (χ2v) is 2.72. The second kappa shape index (κ2) is 5.16. The quantitative estimate of drug-likeness (QED) is 0.506. The van der Waals surface area contributed by atoms with E-state index in [0.717, 1.165) is 5.56 Å². The van der Waals surface area contributed by atoms with Gasteiger partial charge in [-0.3, -0.25) is 4.79 Å². The van der Waals surface area contributed by atoms with E-state index in [2.05, 4.69) is 11.8 Å². The zero-order valence-electron chi connectivity index (χ0n) is 7.71. The van der Waals surface area contributed by atoms with Gasteiger partial charge in [0, 0.05) is 18.4 Å². The lowest BCUT2D eigenvalue weighted by molar-refractivity contribution is 0.0984. The standard InChI is InChI=1S/C12H12O/c1-2-3-5-10-12(13)11-8-6-4-7-9-11/h4,6-9H,5,10H2,1H3. The summed E-state index contributed by atoms with van der Waals surface area (Å²) in [6, 6.07) is 9.32. The van der Waals surface area contributed by atoms with Gasteiger partial charge in [-0.15, -0.1) is 11.8 Å². The van der Waals surface area contributed by atoms with Crippen LogP contribution in [0.2, 0.25) is 0 Å². The van der Waals surface area contributed by atoms with Crippen LogP contribution in [0.25, 0.3) is 0 Å². The molecule has 0 fully saturated rings. The summed E-state index contributed by atoms with van der Waals surface area (Å²) in [5.74, 6) is 5.82. The molecule has 0 spiro atoms. The van der Waals surface area contributed by atoms with Gasteiger partial charge in [-0.25, -0.2) is 0 Å². The fourth-order valence-electron chi connectivity index (χ4n) is 1.07. The number of carbonyl (C=O) groups is 1. The topological polar surface area (TPSA) is 17.1 Å². The normalized spacial score (nSPS) is 8.69. The van der Waals surface area contributed by atoms with E-state index in [1.54, 1.807) is 6.92 Å². The molecule has 0 saturated carbocycles. The molecule has 13 heavy (non-hydrogen) atoms. The summed E-state index contributed by atoms with van der Waals surface area (Å²) in [4.78, 5) is 11.5. The van der Waals surface area contributed by atoms with Gasteiger partial charge in [-0.05, 0) is 6.92 Å². The molecule has 1 nitrogen and oxygen atoms in total. The Hall–Kier alpha value is -1.55. The van der Waals surface area contributed by atoms with Crippen molar-refractivity contribution < 1.29 is 4.79 Å². The van der Waals surface area contributed by atoms with Gasteiger partial charge < -0.3 is 0 Å². The van der Waals surface area contributed by atoms with Crippen molar-refractivity contribution in [2.24, 2.45) is 0 Å². The maximum atomic E-state index is 11.5. The third-order valence-corrected chi connectivity index (χ3v) is 1.75. The molecule has 0 amide bonds. The molecule has 0 N–H and O–H groups in total. The van der Waals surface area contributed by atoms with Crippen LogP contribution in [0, 0.1) is 11.8 Å². The van der Waals surface area contributed by atoms with E-state index in [4.69, 9.17) is 0 Å². The summed E-state index contributed by atoms with van der Waals surface area (Å²) in [6.07, 6.45) is 1.18. The van der Waals surface area contributed by atoms with E-state index >= 15 is 0 Å². The Labute approximate surface area is 78.8 Å². The van der Waals surface area contributed by atoms with Gasteiger partial charge in [0.25, 0.3) is 0 Å². The van der Waals surface area contributed by atoms with E-state index in [0.29, 0.717) is 12.8 Å². The van der Waals surface area contributed by atoms with Crippen molar-refractivity contribution in [3.8, 4) is 11.8 Å². The number of Topliss-reactive ketones (excluding diaryl/α,β-unsaturated/α-hetero) is 1. The van der Waals surface area contributed by atoms with Crippen molar-refractivity contribution in [1.29, 1.82) is 0 Å². The highest BCUT2D eigenvalue weighted by Crippen LogP contribution is 2.03. The lowest BCUT2D eigenvalue weighted by atomic mass is 10.1. The Bertz CT molecular complexity index is 327. The summed E-state index contributed by atoms with van der Waals surface area (Å²) in [7, 11) is 0. The number of hydrogen-bond donors (Lipinski definition) is 0. The molecule has 0 aromatic heterocycles. The summed E-state index contributed by atoms with van der Waals surface area (Å²) in [6.45, 7) is 1.78. The van der Waals surface area contributed by atoms with Gasteiger partial charge in [0.15, 0.2) is 5.78 Å². The third-order valence-electron chi connectivity index (χ3n) is 1.75. The van der Waals surface area contributed by atoms with Gasteiger partial charge in [0.05, 0.1) is 0 Å². The first-order valence-corrected chi connectivity index (χ1v) is 4.32. The minimum Gasteiger partial charge on any atom is -0.294 e. The number of carbonyl (C=O) groups excluding carboxylic acids is 1.